The van der Waals surface area contributed by atoms with Crippen molar-refractivity contribution in [2.75, 3.05) is 6.54 Å². The maximum Gasteiger partial charge on any atom is 0.224 e. The fraction of sp³-hybridized carbons (Fsp3) is 0.150. The molecule has 0 aliphatic rings. The number of rotatable bonds is 5. The molecule has 2 heterocycles. The second-order valence-electron chi connectivity index (χ2n) is 5.90. The lowest BCUT2D eigenvalue weighted by molar-refractivity contribution is -0.120. The summed E-state index contributed by atoms with van der Waals surface area (Å²) in [6.07, 6.45) is 2.87. The van der Waals surface area contributed by atoms with Crippen molar-refractivity contribution in [3.63, 3.8) is 0 Å². The summed E-state index contributed by atoms with van der Waals surface area (Å²) >= 11 is 5.15. The van der Waals surface area contributed by atoms with Gasteiger partial charge in [0.25, 0.3) is 0 Å². The van der Waals surface area contributed by atoms with Crippen LogP contribution in [0.4, 0.5) is 0 Å². The lowest BCUT2D eigenvalue weighted by Gasteiger charge is -2.05. The van der Waals surface area contributed by atoms with Gasteiger partial charge in [0, 0.05) is 22.4 Å². The monoisotopic (exact) mass is 413 g/mol. The molecule has 4 rings (SSSR count). The number of thiophene rings is 1. The van der Waals surface area contributed by atoms with Gasteiger partial charge < -0.3 is 9.73 Å². The first-order valence-electron chi connectivity index (χ1n) is 8.09. The number of nitrogens with one attached hydrogen (secondary N) is 1. The van der Waals surface area contributed by atoms with E-state index in [0.717, 1.165) is 37.5 Å². The van der Waals surface area contributed by atoms with Gasteiger partial charge in [-0.05, 0) is 51.3 Å². The standard InChI is InChI=1S/C20H16BrNO2S/c21-18-8-6-15(25-18)9-10-22-19(23)11-14-12-24-17-7-5-13-3-1-2-4-16(13)20(14)17/h1-8,12H,9-11H2,(H,22,23). The average Bonchev–Trinajstić information content (AvgIpc) is 3.21. The molecule has 1 N–H and O–H groups in total. The first-order valence-corrected chi connectivity index (χ1v) is 9.70. The molecule has 0 atom stereocenters. The molecule has 3 nitrogen and oxygen atoms in total. The van der Waals surface area contributed by atoms with Gasteiger partial charge in [-0.1, -0.05) is 30.3 Å². The minimum Gasteiger partial charge on any atom is -0.464 e. The van der Waals surface area contributed by atoms with Crippen molar-refractivity contribution in [1.29, 1.82) is 0 Å². The molecular weight excluding hydrogens is 398 g/mol. The van der Waals surface area contributed by atoms with Crippen LogP contribution in [0, 0.1) is 0 Å². The van der Waals surface area contributed by atoms with Gasteiger partial charge >= 0.3 is 0 Å². The second-order valence-corrected chi connectivity index (χ2v) is 8.45. The minimum atomic E-state index is 0.0197. The summed E-state index contributed by atoms with van der Waals surface area (Å²) in [7, 11) is 0. The highest BCUT2D eigenvalue weighted by atomic mass is 79.9. The number of fused-ring (bicyclic) bond motifs is 3. The summed E-state index contributed by atoms with van der Waals surface area (Å²) < 4.78 is 6.77. The van der Waals surface area contributed by atoms with E-state index in [9.17, 15) is 4.79 Å². The number of carbonyl (C=O) groups is 1. The number of benzene rings is 2. The lowest BCUT2D eigenvalue weighted by atomic mass is 10.0. The van der Waals surface area contributed by atoms with Crippen LogP contribution in [0.1, 0.15) is 10.4 Å². The molecule has 0 saturated carbocycles. The van der Waals surface area contributed by atoms with Gasteiger partial charge in [-0.15, -0.1) is 11.3 Å². The van der Waals surface area contributed by atoms with E-state index in [-0.39, 0.29) is 5.91 Å². The number of hydrogen-bond acceptors (Lipinski definition) is 3. The molecule has 0 bridgehead atoms. The summed E-state index contributed by atoms with van der Waals surface area (Å²) in [4.78, 5) is 13.6. The van der Waals surface area contributed by atoms with Gasteiger partial charge in [-0.3, -0.25) is 4.79 Å². The predicted molar refractivity (Wildman–Crippen MR) is 106 cm³/mol. The molecule has 0 fully saturated rings. The molecule has 2 aromatic carbocycles. The zero-order valence-corrected chi connectivity index (χ0v) is 15.8. The zero-order chi connectivity index (χ0) is 17.2. The van der Waals surface area contributed by atoms with Crippen LogP contribution in [-0.4, -0.2) is 12.5 Å². The maximum absolute atomic E-state index is 12.3. The van der Waals surface area contributed by atoms with Gasteiger partial charge in [0.05, 0.1) is 16.5 Å². The van der Waals surface area contributed by atoms with Crippen LogP contribution in [-0.2, 0) is 17.6 Å². The normalized spacial score (nSPS) is 11.2. The van der Waals surface area contributed by atoms with E-state index in [2.05, 4.69) is 39.4 Å². The van der Waals surface area contributed by atoms with Crippen LogP contribution in [0.25, 0.3) is 21.7 Å². The first-order chi connectivity index (χ1) is 12.2. The number of furan rings is 1. The fourth-order valence-electron chi connectivity index (χ4n) is 3.05. The largest absolute Gasteiger partial charge is 0.464 e. The van der Waals surface area contributed by atoms with Crippen molar-refractivity contribution in [3.8, 4) is 0 Å². The van der Waals surface area contributed by atoms with Gasteiger partial charge in [0.15, 0.2) is 0 Å². The van der Waals surface area contributed by atoms with E-state index in [1.807, 2.05) is 30.3 Å². The molecule has 4 aromatic rings. The topological polar surface area (TPSA) is 42.2 Å². The predicted octanol–water partition coefficient (Wildman–Crippen LogP) is 5.31. The summed E-state index contributed by atoms with van der Waals surface area (Å²) in [6.45, 7) is 0.641. The van der Waals surface area contributed by atoms with E-state index >= 15 is 0 Å². The second kappa shape index (κ2) is 7.02. The molecule has 126 valence electrons. The molecule has 0 saturated heterocycles. The van der Waals surface area contributed by atoms with Crippen molar-refractivity contribution in [2.45, 2.75) is 12.8 Å². The minimum absolute atomic E-state index is 0.0197. The van der Waals surface area contributed by atoms with Crippen LogP contribution in [0.5, 0.6) is 0 Å². The Labute approximate surface area is 157 Å². The third kappa shape index (κ3) is 3.48. The van der Waals surface area contributed by atoms with Gasteiger partial charge in [-0.25, -0.2) is 0 Å². The van der Waals surface area contributed by atoms with Crippen LogP contribution >= 0.6 is 27.3 Å². The Balaban J connectivity index is 1.48. The molecular formula is C20H16BrNO2S. The molecule has 0 aliphatic carbocycles. The summed E-state index contributed by atoms with van der Waals surface area (Å²) in [6, 6.07) is 16.3. The Morgan fingerprint density at radius 1 is 1.12 bits per heavy atom. The van der Waals surface area contributed by atoms with E-state index in [4.69, 9.17) is 4.42 Å². The van der Waals surface area contributed by atoms with Crippen LogP contribution in [0.15, 0.2) is 63.0 Å². The van der Waals surface area contributed by atoms with Gasteiger partial charge in [0.1, 0.15) is 5.58 Å². The number of halogens is 1. The number of hydrogen-bond donors (Lipinski definition) is 1. The average molecular weight is 414 g/mol. The van der Waals surface area contributed by atoms with E-state index in [1.54, 1.807) is 17.6 Å². The maximum atomic E-state index is 12.3. The van der Waals surface area contributed by atoms with Crippen molar-refractivity contribution in [2.24, 2.45) is 0 Å². The Morgan fingerprint density at radius 3 is 2.84 bits per heavy atom. The molecule has 0 spiro atoms. The highest BCUT2D eigenvalue weighted by Gasteiger charge is 2.13. The van der Waals surface area contributed by atoms with Crippen LogP contribution in [0.3, 0.4) is 0 Å². The van der Waals surface area contributed by atoms with Crippen molar-refractivity contribution in [3.05, 3.63) is 69.0 Å². The van der Waals surface area contributed by atoms with E-state index in [0.29, 0.717) is 13.0 Å². The van der Waals surface area contributed by atoms with Gasteiger partial charge in [0.2, 0.25) is 5.91 Å². The quantitative estimate of drug-likeness (QED) is 0.481. The van der Waals surface area contributed by atoms with Crippen LogP contribution < -0.4 is 5.32 Å². The number of carbonyl (C=O) groups excluding carboxylic acids is 1. The molecule has 0 aliphatic heterocycles. The molecule has 25 heavy (non-hydrogen) atoms. The summed E-state index contributed by atoms with van der Waals surface area (Å²) in [5, 5.41) is 6.32. The highest BCUT2D eigenvalue weighted by Crippen LogP contribution is 2.30. The SMILES string of the molecule is O=C(Cc1coc2ccc3ccccc3c12)NCCc1ccc(Br)s1. The molecule has 0 unspecified atom stereocenters. The Bertz CT molecular complexity index is 1050. The van der Waals surface area contributed by atoms with Gasteiger partial charge in [-0.2, -0.15) is 0 Å². The fourth-order valence-corrected chi connectivity index (χ4v) is 4.53. The lowest BCUT2D eigenvalue weighted by Crippen LogP contribution is -2.26. The molecule has 0 radical (unpaired) electrons. The van der Waals surface area contributed by atoms with E-state index in [1.165, 1.54) is 4.88 Å². The van der Waals surface area contributed by atoms with Crippen molar-refractivity contribution >= 4 is 54.9 Å². The molecule has 2 aromatic heterocycles. The van der Waals surface area contributed by atoms with Crippen molar-refractivity contribution in [1.82, 2.24) is 5.32 Å². The smallest absolute Gasteiger partial charge is 0.224 e. The highest BCUT2D eigenvalue weighted by molar-refractivity contribution is 9.11. The summed E-state index contributed by atoms with van der Waals surface area (Å²) in [5.41, 5.74) is 1.76. The third-order valence-electron chi connectivity index (χ3n) is 4.21. The number of amides is 1. The third-order valence-corrected chi connectivity index (χ3v) is 5.90. The Kier molecular flexibility index (Phi) is 4.59. The summed E-state index contributed by atoms with van der Waals surface area (Å²) in [5.74, 6) is 0.0197. The van der Waals surface area contributed by atoms with Crippen LogP contribution in [0.2, 0.25) is 0 Å². The Hall–Kier alpha value is -2.11. The Morgan fingerprint density at radius 2 is 2.00 bits per heavy atom. The first kappa shape index (κ1) is 16.4. The molecule has 5 heteroatoms. The van der Waals surface area contributed by atoms with E-state index < -0.39 is 0 Å². The van der Waals surface area contributed by atoms with Crippen molar-refractivity contribution < 1.29 is 9.21 Å². The zero-order valence-electron chi connectivity index (χ0n) is 13.4. The molecule has 1 amide bonds.